The van der Waals surface area contributed by atoms with Crippen LogP contribution in [0.1, 0.15) is 42.9 Å². The third-order valence-corrected chi connectivity index (χ3v) is 2.81. The standard InChI is InChI=1S/C12H22N4O2/c1-4-5-9-10(13)11(15-14-9)12(18)16(3)7-6-8(2)17/h8,17H,4-7,13H2,1-3H3,(H,14,15). The summed E-state index contributed by atoms with van der Waals surface area (Å²) >= 11 is 0. The van der Waals surface area contributed by atoms with Gasteiger partial charge >= 0.3 is 0 Å². The van der Waals surface area contributed by atoms with Crippen molar-refractivity contribution >= 4 is 11.6 Å². The summed E-state index contributed by atoms with van der Waals surface area (Å²) in [7, 11) is 1.68. The van der Waals surface area contributed by atoms with Crippen LogP contribution in [0, 0.1) is 0 Å². The van der Waals surface area contributed by atoms with Crippen LogP contribution < -0.4 is 5.73 Å². The van der Waals surface area contributed by atoms with E-state index in [9.17, 15) is 9.90 Å². The molecular weight excluding hydrogens is 232 g/mol. The van der Waals surface area contributed by atoms with Crippen LogP contribution in [0.3, 0.4) is 0 Å². The van der Waals surface area contributed by atoms with Gasteiger partial charge in [-0.1, -0.05) is 13.3 Å². The average Bonchev–Trinajstić information content (AvgIpc) is 2.68. The summed E-state index contributed by atoms with van der Waals surface area (Å²) in [5.74, 6) is -0.216. The van der Waals surface area contributed by atoms with Crippen molar-refractivity contribution in [2.24, 2.45) is 0 Å². The highest BCUT2D eigenvalue weighted by Gasteiger charge is 2.20. The molecule has 0 saturated heterocycles. The Labute approximate surface area is 107 Å². The quantitative estimate of drug-likeness (QED) is 0.699. The number of aromatic nitrogens is 2. The van der Waals surface area contributed by atoms with Crippen LogP contribution in [0.25, 0.3) is 0 Å². The first-order valence-corrected chi connectivity index (χ1v) is 6.23. The molecule has 4 N–H and O–H groups in total. The van der Waals surface area contributed by atoms with Gasteiger partial charge in [-0.3, -0.25) is 9.89 Å². The number of carbonyl (C=O) groups excluding carboxylic acids is 1. The maximum Gasteiger partial charge on any atom is 0.276 e. The zero-order valence-corrected chi connectivity index (χ0v) is 11.2. The molecule has 0 aliphatic heterocycles. The fourth-order valence-electron chi connectivity index (χ4n) is 1.65. The van der Waals surface area contributed by atoms with E-state index in [1.807, 2.05) is 6.92 Å². The molecule has 6 nitrogen and oxygen atoms in total. The first kappa shape index (κ1) is 14.5. The van der Waals surface area contributed by atoms with Gasteiger partial charge in [0.15, 0.2) is 5.69 Å². The van der Waals surface area contributed by atoms with Gasteiger partial charge in [-0.05, 0) is 19.8 Å². The summed E-state index contributed by atoms with van der Waals surface area (Å²) in [5.41, 5.74) is 7.41. The van der Waals surface area contributed by atoms with Crippen molar-refractivity contribution in [2.75, 3.05) is 19.3 Å². The molecule has 0 saturated carbocycles. The lowest BCUT2D eigenvalue weighted by atomic mass is 10.2. The molecule has 0 fully saturated rings. The van der Waals surface area contributed by atoms with Crippen LogP contribution in [0.4, 0.5) is 5.69 Å². The highest BCUT2D eigenvalue weighted by Crippen LogP contribution is 2.17. The van der Waals surface area contributed by atoms with Crippen molar-refractivity contribution < 1.29 is 9.90 Å². The van der Waals surface area contributed by atoms with Crippen LogP contribution in [-0.2, 0) is 6.42 Å². The molecule has 0 aromatic carbocycles. The van der Waals surface area contributed by atoms with E-state index < -0.39 is 6.10 Å². The maximum atomic E-state index is 12.1. The number of hydrogen-bond donors (Lipinski definition) is 3. The van der Waals surface area contributed by atoms with Crippen LogP contribution >= 0.6 is 0 Å². The molecule has 102 valence electrons. The zero-order chi connectivity index (χ0) is 13.7. The predicted octanol–water partition coefficient (Wildman–Crippen LogP) is 0.787. The van der Waals surface area contributed by atoms with E-state index in [-0.39, 0.29) is 11.6 Å². The molecule has 0 radical (unpaired) electrons. The summed E-state index contributed by atoms with van der Waals surface area (Å²) in [6.07, 6.45) is 1.84. The van der Waals surface area contributed by atoms with Gasteiger partial charge in [0.05, 0.1) is 17.5 Å². The Hall–Kier alpha value is -1.56. The molecule has 1 aromatic rings. The monoisotopic (exact) mass is 254 g/mol. The number of aromatic amines is 1. The Bertz CT molecular complexity index is 401. The van der Waals surface area contributed by atoms with Gasteiger partial charge < -0.3 is 15.7 Å². The Morgan fingerprint density at radius 3 is 2.83 bits per heavy atom. The van der Waals surface area contributed by atoms with Crippen molar-refractivity contribution in [3.8, 4) is 0 Å². The SMILES string of the molecule is CCCc1[nH]nc(C(=O)N(C)CCC(C)O)c1N. The zero-order valence-electron chi connectivity index (χ0n) is 11.2. The number of rotatable bonds is 6. The minimum Gasteiger partial charge on any atom is -0.395 e. The topological polar surface area (TPSA) is 95.2 Å². The summed E-state index contributed by atoms with van der Waals surface area (Å²) in [6, 6.07) is 0. The molecule has 1 unspecified atom stereocenters. The van der Waals surface area contributed by atoms with Crippen LogP contribution in [-0.4, -0.2) is 45.8 Å². The molecule has 0 aliphatic carbocycles. The Morgan fingerprint density at radius 2 is 2.28 bits per heavy atom. The predicted molar refractivity (Wildman–Crippen MR) is 70.3 cm³/mol. The van der Waals surface area contributed by atoms with E-state index in [4.69, 9.17) is 5.73 Å². The lowest BCUT2D eigenvalue weighted by Gasteiger charge is -2.17. The summed E-state index contributed by atoms with van der Waals surface area (Å²) in [5, 5.41) is 16.0. The smallest absolute Gasteiger partial charge is 0.276 e. The number of aryl methyl sites for hydroxylation is 1. The lowest BCUT2D eigenvalue weighted by molar-refractivity contribution is 0.0764. The van der Waals surface area contributed by atoms with Crippen LogP contribution in [0.2, 0.25) is 0 Å². The molecule has 1 aromatic heterocycles. The minimum atomic E-state index is -0.424. The molecule has 1 atom stereocenters. The summed E-state index contributed by atoms with van der Waals surface area (Å²) in [4.78, 5) is 13.6. The average molecular weight is 254 g/mol. The largest absolute Gasteiger partial charge is 0.395 e. The number of nitrogens with two attached hydrogens (primary N) is 1. The van der Waals surface area contributed by atoms with Gasteiger partial charge in [0.25, 0.3) is 5.91 Å². The van der Waals surface area contributed by atoms with Gasteiger partial charge in [-0.15, -0.1) is 0 Å². The second kappa shape index (κ2) is 6.39. The number of anilines is 1. The van der Waals surface area contributed by atoms with Gasteiger partial charge in [0.2, 0.25) is 0 Å². The number of H-pyrrole nitrogens is 1. The number of aliphatic hydroxyl groups is 1. The Balaban J connectivity index is 2.71. The number of nitrogen functional groups attached to an aromatic ring is 1. The van der Waals surface area contributed by atoms with Crippen LogP contribution in [0.15, 0.2) is 0 Å². The van der Waals surface area contributed by atoms with E-state index >= 15 is 0 Å². The molecular formula is C12H22N4O2. The number of aliphatic hydroxyl groups excluding tert-OH is 1. The van der Waals surface area contributed by atoms with E-state index in [0.717, 1.165) is 18.5 Å². The molecule has 1 heterocycles. The number of amides is 1. The highest BCUT2D eigenvalue weighted by atomic mass is 16.3. The van der Waals surface area contributed by atoms with E-state index in [1.54, 1.807) is 14.0 Å². The van der Waals surface area contributed by atoms with Crippen molar-refractivity contribution in [3.63, 3.8) is 0 Å². The van der Waals surface area contributed by atoms with Crippen molar-refractivity contribution in [3.05, 3.63) is 11.4 Å². The number of nitrogens with one attached hydrogen (secondary N) is 1. The summed E-state index contributed by atoms with van der Waals surface area (Å²) in [6.45, 7) is 4.21. The Morgan fingerprint density at radius 1 is 1.61 bits per heavy atom. The fourth-order valence-corrected chi connectivity index (χ4v) is 1.65. The number of carbonyl (C=O) groups is 1. The van der Waals surface area contributed by atoms with Crippen LogP contribution in [0.5, 0.6) is 0 Å². The van der Waals surface area contributed by atoms with Gasteiger partial charge in [-0.2, -0.15) is 5.10 Å². The van der Waals surface area contributed by atoms with Gasteiger partial charge in [0, 0.05) is 13.6 Å². The lowest BCUT2D eigenvalue weighted by Crippen LogP contribution is -2.30. The first-order chi connectivity index (χ1) is 8.47. The first-order valence-electron chi connectivity index (χ1n) is 6.23. The highest BCUT2D eigenvalue weighted by molar-refractivity contribution is 5.97. The molecule has 0 aliphatic rings. The minimum absolute atomic E-state index is 0.216. The number of hydrogen-bond acceptors (Lipinski definition) is 4. The van der Waals surface area contributed by atoms with E-state index in [1.165, 1.54) is 4.90 Å². The second-order valence-electron chi connectivity index (χ2n) is 4.58. The van der Waals surface area contributed by atoms with Crippen molar-refractivity contribution in [1.82, 2.24) is 15.1 Å². The van der Waals surface area contributed by atoms with E-state index in [0.29, 0.717) is 18.7 Å². The number of nitrogens with zero attached hydrogens (tertiary/aromatic N) is 2. The van der Waals surface area contributed by atoms with Gasteiger partial charge in [0.1, 0.15) is 0 Å². The third-order valence-electron chi connectivity index (χ3n) is 2.81. The van der Waals surface area contributed by atoms with Crippen molar-refractivity contribution in [1.29, 1.82) is 0 Å². The summed E-state index contributed by atoms with van der Waals surface area (Å²) < 4.78 is 0. The Kier molecular flexibility index (Phi) is 5.15. The third kappa shape index (κ3) is 3.46. The van der Waals surface area contributed by atoms with E-state index in [2.05, 4.69) is 10.2 Å². The van der Waals surface area contributed by atoms with Gasteiger partial charge in [-0.25, -0.2) is 0 Å². The molecule has 1 rings (SSSR count). The second-order valence-corrected chi connectivity index (χ2v) is 4.58. The molecule has 0 bridgehead atoms. The molecule has 0 spiro atoms. The maximum absolute atomic E-state index is 12.1. The fraction of sp³-hybridized carbons (Fsp3) is 0.667. The van der Waals surface area contributed by atoms with Crippen molar-refractivity contribution in [2.45, 2.75) is 39.2 Å². The molecule has 6 heteroatoms. The normalized spacial score (nSPS) is 12.4. The molecule has 18 heavy (non-hydrogen) atoms. The molecule has 1 amide bonds.